The Morgan fingerprint density at radius 1 is 0.967 bits per heavy atom. The van der Waals surface area contributed by atoms with Gasteiger partial charge in [-0.15, -0.1) is 10.2 Å². The van der Waals surface area contributed by atoms with Gasteiger partial charge in [-0.1, -0.05) is 73.5 Å². The molecule has 1 saturated carbocycles. The van der Waals surface area contributed by atoms with Gasteiger partial charge in [0.05, 0.1) is 5.56 Å². The lowest BCUT2D eigenvalue weighted by Gasteiger charge is -2.26. The minimum absolute atomic E-state index is 0.203. The molecule has 0 N–H and O–H groups in total. The summed E-state index contributed by atoms with van der Waals surface area (Å²) in [6, 6.07) is 14.1. The molecule has 1 heterocycles. The third kappa shape index (κ3) is 4.41. The quantitative estimate of drug-likeness (QED) is 0.405. The van der Waals surface area contributed by atoms with Crippen molar-refractivity contribution in [3.63, 3.8) is 0 Å². The largest absolute Gasteiger partial charge is 0.416 e. The lowest BCUT2D eigenvalue weighted by Crippen LogP contribution is -2.15. The van der Waals surface area contributed by atoms with Gasteiger partial charge in [0.1, 0.15) is 0 Å². The van der Waals surface area contributed by atoms with Crippen LogP contribution < -0.4 is 0 Å². The highest BCUT2D eigenvalue weighted by molar-refractivity contribution is 7.98. The molecule has 30 heavy (non-hydrogen) atoms. The van der Waals surface area contributed by atoms with Crippen molar-refractivity contribution < 1.29 is 13.2 Å². The maximum absolute atomic E-state index is 13.4. The van der Waals surface area contributed by atoms with Crippen molar-refractivity contribution in [3.8, 4) is 11.4 Å². The van der Waals surface area contributed by atoms with Crippen LogP contribution in [0.15, 0.2) is 53.7 Å². The van der Waals surface area contributed by atoms with Crippen LogP contribution in [0.2, 0.25) is 0 Å². The molecule has 0 bridgehead atoms. The first-order valence-electron chi connectivity index (χ1n) is 10.2. The minimum Gasteiger partial charge on any atom is -0.299 e. The van der Waals surface area contributed by atoms with Crippen molar-refractivity contribution in [2.45, 2.75) is 62.2 Å². The van der Waals surface area contributed by atoms with Gasteiger partial charge in [-0.05, 0) is 37.0 Å². The van der Waals surface area contributed by atoms with Crippen molar-refractivity contribution in [1.29, 1.82) is 0 Å². The van der Waals surface area contributed by atoms with Crippen LogP contribution >= 0.6 is 11.8 Å². The first kappa shape index (κ1) is 21.0. The Balaban J connectivity index is 1.68. The number of nitrogens with zero attached hydrogens (tertiary/aromatic N) is 3. The number of benzene rings is 2. The van der Waals surface area contributed by atoms with Gasteiger partial charge < -0.3 is 0 Å². The van der Waals surface area contributed by atoms with E-state index in [1.165, 1.54) is 24.2 Å². The number of halogens is 3. The van der Waals surface area contributed by atoms with Crippen LogP contribution in [0.1, 0.15) is 54.8 Å². The summed E-state index contributed by atoms with van der Waals surface area (Å²) in [5.41, 5.74) is 1.82. The first-order valence-corrected chi connectivity index (χ1v) is 11.2. The fourth-order valence-corrected chi connectivity index (χ4v) is 5.13. The van der Waals surface area contributed by atoms with Crippen molar-refractivity contribution in [2.75, 3.05) is 0 Å². The van der Waals surface area contributed by atoms with Crippen molar-refractivity contribution in [3.05, 3.63) is 65.2 Å². The van der Waals surface area contributed by atoms with Crippen molar-refractivity contribution in [1.82, 2.24) is 14.8 Å². The highest BCUT2D eigenvalue weighted by Gasteiger charge is 2.33. The maximum Gasteiger partial charge on any atom is 0.416 e. The average Bonchev–Trinajstić information content (AvgIpc) is 3.16. The number of thioether (sulfide) groups is 1. The third-order valence-corrected chi connectivity index (χ3v) is 6.66. The van der Waals surface area contributed by atoms with Crippen molar-refractivity contribution in [2.24, 2.45) is 0 Å². The minimum atomic E-state index is -4.36. The molecule has 1 aliphatic rings. The molecule has 4 rings (SSSR count). The molecule has 1 aliphatic carbocycles. The standard InChI is InChI=1S/C23H24F3N3S/c1-16-9-5-7-13-19(16)21-27-28-22(29(21)18-11-3-2-4-12-18)30-15-17-10-6-8-14-20(17)23(24,25)26/h5-10,13-14,18H,2-4,11-12,15H2,1H3. The number of hydrogen-bond acceptors (Lipinski definition) is 3. The zero-order chi connectivity index (χ0) is 21.1. The van der Waals surface area contributed by atoms with Gasteiger partial charge in [0, 0.05) is 17.4 Å². The molecule has 158 valence electrons. The lowest BCUT2D eigenvalue weighted by molar-refractivity contribution is -0.138. The summed E-state index contributed by atoms with van der Waals surface area (Å²) in [4.78, 5) is 0. The van der Waals surface area contributed by atoms with Gasteiger partial charge in [0.15, 0.2) is 11.0 Å². The molecular weight excluding hydrogens is 407 g/mol. The zero-order valence-electron chi connectivity index (χ0n) is 16.8. The molecule has 2 aromatic carbocycles. The summed E-state index contributed by atoms with van der Waals surface area (Å²) < 4.78 is 42.3. The molecule has 3 nitrogen and oxygen atoms in total. The lowest BCUT2D eigenvalue weighted by atomic mass is 9.95. The topological polar surface area (TPSA) is 30.7 Å². The number of aromatic nitrogens is 3. The van der Waals surface area contributed by atoms with Gasteiger partial charge in [-0.25, -0.2) is 0 Å². The molecule has 0 amide bonds. The van der Waals surface area contributed by atoms with Crippen LogP contribution in [0.25, 0.3) is 11.4 Å². The van der Waals surface area contributed by atoms with Crippen LogP contribution in [0.3, 0.4) is 0 Å². The summed E-state index contributed by atoms with van der Waals surface area (Å²) in [5, 5.41) is 9.58. The summed E-state index contributed by atoms with van der Waals surface area (Å²) >= 11 is 1.33. The SMILES string of the molecule is Cc1ccccc1-c1nnc(SCc2ccccc2C(F)(F)F)n1C1CCCCC1. The predicted octanol–water partition coefficient (Wildman–Crippen LogP) is 7.07. The second-order valence-corrected chi connectivity index (χ2v) is 8.67. The van der Waals surface area contributed by atoms with Gasteiger partial charge in [0.2, 0.25) is 0 Å². The van der Waals surface area contributed by atoms with E-state index in [0.29, 0.717) is 5.16 Å². The molecular formula is C23H24F3N3S. The molecule has 1 fully saturated rings. The Labute approximate surface area is 178 Å². The van der Waals surface area contributed by atoms with Gasteiger partial charge in [-0.2, -0.15) is 13.2 Å². The highest BCUT2D eigenvalue weighted by Crippen LogP contribution is 2.38. The van der Waals surface area contributed by atoms with E-state index in [1.807, 2.05) is 31.2 Å². The first-order chi connectivity index (χ1) is 14.4. The second-order valence-electron chi connectivity index (χ2n) is 7.73. The molecule has 0 unspecified atom stereocenters. The zero-order valence-corrected chi connectivity index (χ0v) is 17.6. The number of rotatable bonds is 5. The van der Waals surface area contributed by atoms with E-state index >= 15 is 0 Å². The van der Waals surface area contributed by atoms with Gasteiger partial charge in [-0.3, -0.25) is 4.57 Å². The van der Waals surface area contributed by atoms with E-state index in [9.17, 15) is 13.2 Å². The van der Waals surface area contributed by atoms with Gasteiger partial charge >= 0.3 is 6.18 Å². The Hall–Kier alpha value is -2.28. The Morgan fingerprint density at radius 3 is 2.40 bits per heavy atom. The van der Waals surface area contributed by atoms with Crippen molar-refractivity contribution >= 4 is 11.8 Å². The predicted molar refractivity (Wildman–Crippen MR) is 113 cm³/mol. The average molecular weight is 432 g/mol. The van der Waals surface area contributed by atoms with E-state index in [2.05, 4.69) is 14.8 Å². The summed E-state index contributed by atoms with van der Waals surface area (Å²) in [6.07, 6.45) is 1.25. The fraction of sp³-hybridized carbons (Fsp3) is 0.391. The van der Waals surface area contributed by atoms with Crippen LogP contribution in [0, 0.1) is 6.92 Å². The third-order valence-electron chi connectivity index (χ3n) is 5.67. The number of hydrogen-bond donors (Lipinski definition) is 0. The highest BCUT2D eigenvalue weighted by atomic mass is 32.2. The van der Waals surface area contributed by atoms with Gasteiger partial charge in [0.25, 0.3) is 0 Å². The molecule has 0 spiro atoms. The van der Waals surface area contributed by atoms with E-state index in [0.717, 1.165) is 48.7 Å². The van der Waals surface area contributed by atoms with Crippen LogP contribution in [-0.2, 0) is 11.9 Å². The van der Waals surface area contributed by atoms with Crippen LogP contribution in [-0.4, -0.2) is 14.8 Å². The van der Waals surface area contributed by atoms with Crippen LogP contribution in [0.4, 0.5) is 13.2 Å². The van der Waals surface area contributed by atoms with Crippen LogP contribution in [0.5, 0.6) is 0 Å². The van der Waals surface area contributed by atoms with E-state index < -0.39 is 11.7 Å². The summed E-state index contributed by atoms with van der Waals surface area (Å²) in [7, 11) is 0. The molecule has 0 radical (unpaired) electrons. The summed E-state index contributed by atoms with van der Waals surface area (Å²) in [6.45, 7) is 2.04. The van der Waals surface area contributed by atoms with E-state index in [4.69, 9.17) is 0 Å². The molecule has 0 atom stereocenters. The second kappa shape index (κ2) is 8.84. The normalized spacial score (nSPS) is 15.5. The number of alkyl halides is 3. The number of aryl methyl sites for hydroxylation is 1. The summed E-state index contributed by atoms with van der Waals surface area (Å²) in [5.74, 6) is 1.01. The smallest absolute Gasteiger partial charge is 0.299 e. The Kier molecular flexibility index (Phi) is 6.18. The molecule has 1 aromatic heterocycles. The molecule has 0 saturated heterocycles. The maximum atomic E-state index is 13.4. The Morgan fingerprint density at radius 2 is 1.67 bits per heavy atom. The Bertz CT molecular complexity index is 1010. The monoisotopic (exact) mass is 431 g/mol. The van der Waals surface area contributed by atoms with E-state index in [-0.39, 0.29) is 17.4 Å². The molecule has 3 aromatic rings. The molecule has 7 heteroatoms. The van der Waals surface area contributed by atoms with E-state index in [1.54, 1.807) is 12.1 Å². The fourth-order valence-electron chi connectivity index (χ4n) is 4.12. The molecule has 0 aliphatic heterocycles.